The summed E-state index contributed by atoms with van der Waals surface area (Å²) in [5.74, 6) is 0. The zero-order chi connectivity index (χ0) is 30.5. The van der Waals surface area contributed by atoms with Gasteiger partial charge in [0.15, 0.2) is 0 Å². The van der Waals surface area contributed by atoms with Gasteiger partial charge in [0, 0.05) is 34.0 Å². The monoisotopic (exact) mass is 588 g/mol. The maximum Gasteiger partial charge on any atom is 0.0634 e. The molecule has 1 unspecified atom stereocenters. The third-order valence-electron chi connectivity index (χ3n) is 9.49. The zero-order valence-electron chi connectivity index (χ0n) is 25.4. The van der Waals surface area contributed by atoms with Crippen LogP contribution in [0.5, 0.6) is 0 Å². The van der Waals surface area contributed by atoms with Crippen LogP contribution in [0.1, 0.15) is 12.0 Å². The molecule has 1 aliphatic carbocycles. The predicted molar refractivity (Wildman–Crippen MR) is 195 cm³/mol. The minimum absolute atomic E-state index is 0.237. The van der Waals surface area contributed by atoms with Crippen LogP contribution < -0.4 is 9.80 Å². The van der Waals surface area contributed by atoms with Gasteiger partial charge >= 0.3 is 0 Å². The smallest absolute Gasteiger partial charge is 0.0634 e. The summed E-state index contributed by atoms with van der Waals surface area (Å²) in [5.41, 5.74) is 11.1. The molecule has 7 aromatic rings. The van der Waals surface area contributed by atoms with Crippen molar-refractivity contribution >= 4 is 49.9 Å². The average Bonchev–Trinajstić information content (AvgIpc) is 3.46. The van der Waals surface area contributed by atoms with Crippen LogP contribution in [0.4, 0.5) is 22.7 Å². The maximum absolute atomic E-state index is 2.54. The van der Waals surface area contributed by atoms with Crippen LogP contribution in [0, 0.1) is 0 Å². The Morgan fingerprint density at radius 1 is 0.500 bits per heavy atom. The van der Waals surface area contributed by atoms with E-state index in [1.165, 1.54) is 60.9 Å². The molecule has 218 valence electrons. The van der Waals surface area contributed by atoms with Gasteiger partial charge in [-0.2, -0.15) is 0 Å². The van der Waals surface area contributed by atoms with E-state index in [4.69, 9.17) is 0 Å². The van der Waals surface area contributed by atoms with Gasteiger partial charge in [0.1, 0.15) is 0 Å². The van der Waals surface area contributed by atoms with Gasteiger partial charge < -0.3 is 9.80 Å². The van der Waals surface area contributed by atoms with Crippen LogP contribution in [0.2, 0.25) is 0 Å². The molecule has 2 aliphatic rings. The summed E-state index contributed by atoms with van der Waals surface area (Å²) in [6.07, 6.45) is 5.76. The predicted octanol–water partition coefficient (Wildman–Crippen LogP) is 11.7. The first-order valence-corrected chi connectivity index (χ1v) is 16.0. The molecular formula is C44H32N2. The number of nitrogens with zero attached hydrogens (tertiary/aromatic N) is 2. The van der Waals surface area contributed by atoms with E-state index in [-0.39, 0.29) is 6.04 Å². The molecule has 0 fully saturated rings. The molecular weight excluding hydrogens is 556 g/mol. The fraction of sp³-hybridized carbons (Fsp3) is 0.0455. The minimum Gasteiger partial charge on any atom is -0.333 e. The quantitative estimate of drug-likeness (QED) is 0.197. The molecule has 46 heavy (non-hydrogen) atoms. The molecule has 0 bridgehead atoms. The lowest BCUT2D eigenvalue weighted by atomic mass is 9.93. The van der Waals surface area contributed by atoms with Crippen LogP contribution in [0.15, 0.2) is 182 Å². The molecule has 9 rings (SSSR count). The molecule has 0 spiro atoms. The van der Waals surface area contributed by atoms with Gasteiger partial charge in [0.05, 0.1) is 6.04 Å². The summed E-state index contributed by atoms with van der Waals surface area (Å²) < 4.78 is 0. The number of hydrogen-bond acceptors (Lipinski definition) is 2. The third kappa shape index (κ3) is 4.50. The van der Waals surface area contributed by atoms with Gasteiger partial charge in [-0.25, -0.2) is 0 Å². The van der Waals surface area contributed by atoms with Crippen molar-refractivity contribution in [1.29, 1.82) is 0 Å². The Bertz CT molecular complexity index is 2300. The van der Waals surface area contributed by atoms with Gasteiger partial charge in [-0.3, -0.25) is 0 Å². The van der Waals surface area contributed by atoms with Crippen LogP contribution in [-0.2, 0) is 0 Å². The Labute approximate surface area is 269 Å². The number of allylic oxidation sites excluding steroid dienone is 1. The number of rotatable bonds is 5. The second-order valence-corrected chi connectivity index (χ2v) is 12.2. The number of para-hydroxylation sites is 1. The van der Waals surface area contributed by atoms with Crippen molar-refractivity contribution in [2.75, 3.05) is 9.80 Å². The minimum atomic E-state index is 0.237. The van der Waals surface area contributed by atoms with Crippen LogP contribution >= 0.6 is 0 Å². The van der Waals surface area contributed by atoms with E-state index in [1.54, 1.807) is 0 Å². The summed E-state index contributed by atoms with van der Waals surface area (Å²) in [6, 6.07) is 59.6. The normalized spacial score (nSPS) is 15.3. The molecule has 0 aromatic heterocycles. The van der Waals surface area contributed by atoms with Crippen molar-refractivity contribution in [3.05, 3.63) is 187 Å². The van der Waals surface area contributed by atoms with Crippen LogP contribution in [0.3, 0.4) is 0 Å². The first-order chi connectivity index (χ1) is 22.8. The molecule has 1 heterocycles. The van der Waals surface area contributed by atoms with Crippen LogP contribution in [0.25, 0.3) is 38.2 Å². The number of anilines is 4. The lowest BCUT2D eigenvalue weighted by Gasteiger charge is -2.33. The van der Waals surface area contributed by atoms with Crippen molar-refractivity contribution in [2.45, 2.75) is 12.5 Å². The molecule has 2 nitrogen and oxygen atoms in total. The van der Waals surface area contributed by atoms with Gasteiger partial charge in [-0.1, -0.05) is 127 Å². The molecule has 0 saturated carbocycles. The summed E-state index contributed by atoms with van der Waals surface area (Å²) in [5, 5.41) is 5.02. The summed E-state index contributed by atoms with van der Waals surface area (Å²) in [4.78, 5) is 4.96. The highest BCUT2D eigenvalue weighted by Gasteiger charge is 2.36. The number of hydrogen-bond donors (Lipinski definition) is 0. The highest BCUT2D eigenvalue weighted by atomic mass is 15.2. The van der Waals surface area contributed by atoms with E-state index < -0.39 is 0 Å². The lowest BCUT2D eigenvalue weighted by molar-refractivity contribution is 0.821. The fourth-order valence-corrected chi connectivity index (χ4v) is 7.27. The molecule has 0 N–H and O–H groups in total. The Morgan fingerprint density at radius 2 is 1.11 bits per heavy atom. The van der Waals surface area contributed by atoms with Crippen molar-refractivity contribution < 1.29 is 0 Å². The lowest BCUT2D eigenvalue weighted by Crippen LogP contribution is -2.29. The molecule has 7 aromatic carbocycles. The molecule has 0 saturated heterocycles. The first kappa shape index (κ1) is 26.5. The second kappa shape index (κ2) is 10.9. The zero-order valence-corrected chi connectivity index (χ0v) is 25.4. The van der Waals surface area contributed by atoms with E-state index >= 15 is 0 Å². The summed E-state index contributed by atoms with van der Waals surface area (Å²) in [6.45, 7) is 0. The number of benzene rings is 7. The first-order valence-electron chi connectivity index (χ1n) is 16.0. The van der Waals surface area contributed by atoms with Crippen LogP contribution in [-0.4, -0.2) is 6.04 Å². The molecule has 0 radical (unpaired) electrons. The Balaban J connectivity index is 1.16. The van der Waals surface area contributed by atoms with Crippen molar-refractivity contribution in [3.8, 4) is 11.1 Å². The highest BCUT2D eigenvalue weighted by molar-refractivity contribution is 5.97. The molecule has 0 amide bonds. The Morgan fingerprint density at radius 3 is 1.89 bits per heavy atom. The second-order valence-electron chi connectivity index (χ2n) is 12.2. The van der Waals surface area contributed by atoms with Gasteiger partial charge in [0.25, 0.3) is 0 Å². The average molecular weight is 589 g/mol. The third-order valence-corrected chi connectivity index (χ3v) is 9.49. The molecule has 2 heteroatoms. The summed E-state index contributed by atoms with van der Waals surface area (Å²) >= 11 is 0. The topological polar surface area (TPSA) is 6.48 Å². The van der Waals surface area contributed by atoms with Crippen molar-refractivity contribution in [3.63, 3.8) is 0 Å². The Kier molecular flexibility index (Phi) is 6.31. The van der Waals surface area contributed by atoms with Gasteiger partial charge in [-0.05, 0) is 93.2 Å². The standard InChI is InChI=1S/C44H32N2/c1-2-10-31(11-3-1)34-18-22-37(23-19-34)45(38-24-20-32-12-4-6-14-35(32)28-38)40-26-27-44-42(30-40)41-16-8-9-17-43(41)46(44)39-25-21-33-13-5-7-15-36(33)29-39/h1-26,28-30,44H,27H2. The van der Waals surface area contributed by atoms with Gasteiger partial charge in [0.2, 0.25) is 0 Å². The number of fused-ring (bicyclic) bond motifs is 5. The van der Waals surface area contributed by atoms with Crippen molar-refractivity contribution in [2.24, 2.45) is 0 Å². The van der Waals surface area contributed by atoms with Gasteiger partial charge in [-0.15, -0.1) is 0 Å². The van der Waals surface area contributed by atoms with E-state index in [2.05, 4.69) is 186 Å². The SMILES string of the molecule is C1=C2c3ccccc3N(c3ccc4ccccc4c3)C2CC=C1N(c1ccc(-c2ccccc2)cc1)c1ccc2ccccc2c1. The molecule has 1 atom stereocenters. The largest absolute Gasteiger partial charge is 0.333 e. The fourth-order valence-electron chi connectivity index (χ4n) is 7.27. The van der Waals surface area contributed by atoms with E-state index in [0.717, 1.165) is 17.8 Å². The van der Waals surface area contributed by atoms with E-state index in [0.29, 0.717) is 0 Å². The maximum atomic E-state index is 2.54. The molecule has 1 aliphatic heterocycles. The van der Waals surface area contributed by atoms with E-state index in [9.17, 15) is 0 Å². The Hall–Kier alpha value is -5.86. The highest BCUT2D eigenvalue weighted by Crippen LogP contribution is 2.49. The van der Waals surface area contributed by atoms with Crippen molar-refractivity contribution in [1.82, 2.24) is 0 Å². The summed E-state index contributed by atoms with van der Waals surface area (Å²) in [7, 11) is 0. The van der Waals surface area contributed by atoms with E-state index in [1.807, 2.05) is 0 Å².